The summed E-state index contributed by atoms with van der Waals surface area (Å²) in [6, 6.07) is 14.1. The second-order valence-corrected chi connectivity index (χ2v) is 6.60. The standard InChI is InChI=1S/2C9H7BrO/c1-6-5-7-3-2-4-8(10)9(7)11-6;10-8-5-1-3-7-4-2-6-11-9(7)8/h2-5H,1H3;1-5H,6H2. The lowest BCUT2D eigenvalue weighted by atomic mass is 10.1. The molecule has 0 amide bonds. The zero-order chi connectivity index (χ0) is 15.5. The van der Waals surface area contributed by atoms with Crippen LogP contribution in [0.5, 0.6) is 5.75 Å². The number of hydrogen-bond donors (Lipinski definition) is 0. The van der Waals surface area contributed by atoms with Crippen LogP contribution in [0.4, 0.5) is 0 Å². The van der Waals surface area contributed by atoms with Crippen molar-refractivity contribution in [2.45, 2.75) is 6.92 Å². The molecule has 1 aliphatic rings. The Hall–Kier alpha value is -1.52. The minimum absolute atomic E-state index is 0.676. The second-order valence-electron chi connectivity index (χ2n) is 4.89. The summed E-state index contributed by atoms with van der Waals surface area (Å²) in [6.45, 7) is 2.63. The van der Waals surface area contributed by atoms with Gasteiger partial charge in [0.05, 0.1) is 8.95 Å². The van der Waals surface area contributed by atoms with E-state index in [0.29, 0.717) is 6.61 Å². The first-order chi connectivity index (χ1) is 10.6. The monoisotopic (exact) mass is 420 g/mol. The molecular weight excluding hydrogens is 408 g/mol. The molecule has 0 spiro atoms. The van der Waals surface area contributed by atoms with Gasteiger partial charge in [-0.05, 0) is 63.1 Å². The summed E-state index contributed by atoms with van der Waals surface area (Å²) >= 11 is 6.84. The Kier molecular flexibility index (Phi) is 4.69. The Balaban J connectivity index is 0.000000131. The molecule has 4 heteroatoms. The maximum absolute atomic E-state index is 5.45. The van der Waals surface area contributed by atoms with Crippen molar-refractivity contribution < 1.29 is 9.15 Å². The normalized spacial score (nSPS) is 12.3. The van der Waals surface area contributed by atoms with E-state index in [1.54, 1.807) is 0 Å². The Morgan fingerprint density at radius 3 is 2.55 bits per heavy atom. The maximum atomic E-state index is 5.45. The third-order valence-corrected chi connectivity index (χ3v) is 4.49. The molecule has 2 nitrogen and oxygen atoms in total. The number of benzene rings is 2. The van der Waals surface area contributed by atoms with Crippen LogP contribution in [0.1, 0.15) is 11.3 Å². The minimum atomic E-state index is 0.676. The first-order valence-corrected chi connectivity index (χ1v) is 8.46. The van der Waals surface area contributed by atoms with Crippen LogP contribution in [0.2, 0.25) is 0 Å². The summed E-state index contributed by atoms with van der Waals surface area (Å²) in [5, 5.41) is 1.15. The third-order valence-electron chi connectivity index (χ3n) is 3.24. The van der Waals surface area contributed by atoms with Crippen LogP contribution in [0.3, 0.4) is 0 Å². The van der Waals surface area contributed by atoms with Gasteiger partial charge in [-0.15, -0.1) is 0 Å². The highest BCUT2D eigenvalue weighted by molar-refractivity contribution is 9.11. The van der Waals surface area contributed by atoms with Gasteiger partial charge in [-0.3, -0.25) is 0 Å². The van der Waals surface area contributed by atoms with Gasteiger partial charge in [-0.25, -0.2) is 0 Å². The van der Waals surface area contributed by atoms with Gasteiger partial charge >= 0.3 is 0 Å². The van der Waals surface area contributed by atoms with E-state index in [0.717, 1.165) is 37.0 Å². The van der Waals surface area contributed by atoms with E-state index in [2.05, 4.69) is 37.9 Å². The fourth-order valence-electron chi connectivity index (χ4n) is 2.27. The number of ether oxygens (including phenoxy) is 1. The molecule has 3 aromatic rings. The molecule has 22 heavy (non-hydrogen) atoms. The molecule has 4 rings (SSSR count). The summed E-state index contributed by atoms with van der Waals surface area (Å²) in [7, 11) is 0. The van der Waals surface area contributed by atoms with Crippen molar-refractivity contribution >= 4 is 48.9 Å². The lowest BCUT2D eigenvalue weighted by Gasteiger charge is -2.12. The van der Waals surface area contributed by atoms with E-state index in [1.165, 1.54) is 0 Å². The fourth-order valence-corrected chi connectivity index (χ4v) is 3.23. The Labute approximate surface area is 146 Å². The van der Waals surface area contributed by atoms with E-state index in [-0.39, 0.29) is 0 Å². The second kappa shape index (κ2) is 6.71. The van der Waals surface area contributed by atoms with Crippen molar-refractivity contribution in [1.29, 1.82) is 0 Å². The highest BCUT2D eigenvalue weighted by Crippen LogP contribution is 2.31. The molecule has 0 bridgehead atoms. The summed E-state index contributed by atoms with van der Waals surface area (Å²) < 4.78 is 12.9. The summed E-state index contributed by atoms with van der Waals surface area (Å²) in [5.74, 6) is 1.90. The predicted molar refractivity (Wildman–Crippen MR) is 97.3 cm³/mol. The summed E-state index contributed by atoms with van der Waals surface area (Å²) in [6.07, 6.45) is 4.08. The van der Waals surface area contributed by atoms with E-state index >= 15 is 0 Å². The zero-order valence-corrected chi connectivity index (χ0v) is 15.1. The number of furan rings is 1. The first kappa shape index (κ1) is 15.4. The van der Waals surface area contributed by atoms with Crippen molar-refractivity contribution in [3.63, 3.8) is 0 Å². The average Bonchev–Trinajstić information content (AvgIpc) is 2.91. The van der Waals surface area contributed by atoms with Gasteiger partial charge in [-0.2, -0.15) is 0 Å². The van der Waals surface area contributed by atoms with Crippen LogP contribution in [0.15, 0.2) is 61.9 Å². The number of para-hydroxylation sites is 2. The highest BCUT2D eigenvalue weighted by Gasteiger charge is 2.07. The lowest BCUT2D eigenvalue weighted by molar-refractivity contribution is 0.356. The van der Waals surface area contributed by atoms with Gasteiger partial charge in [0.1, 0.15) is 23.7 Å². The molecule has 2 aromatic carbocycles. The molecule has 0 unspecified atom stereocenters. The van der Waals surface area contributed by atoms with Crippen molar-refractivity contribution in [2.75, 3.05) is 6.61 Å². The smallest absolute Gasteiger partial charge is 0.148 e. The molecule has 0 N–H and O–H groups in total. The van der Waals surface area contributed by atoms with Crippen LogP contribution in [-0.2, 0) is 0 Å². The number of aryl methyl sites for hydroxylation is 1. The molecular formula is C18H14Br2O2. The van der Waals surface area contributed by atoms with Crippen LogP contribution in [0.25, 0.3) is 17.0 Å². The van der Waals surface area contributed by atoms with E-state index in [4.69, 9.17) is 9.15 Å². The molecule has 0 aliphatic carbocycles. The number of halogens is 2. The topological polar surface area (TPSA) is 22.4 Å². The molecule has 0 saturated carbocycles. The average molecular weight is 422 g/mol. The Morgan fingerprint density at radius 2 is 1.77 bits per heavy atom. The van der Waals surface area contributed by atoms with Gasteiger partial charge in [0.2, 0.25) is 0 Å². The number of fused-ring (bicyclic) bond motifs is 2. The maximum Gasteiger partial charge on any atom is 0.148 e. The minimum Gasteiger partial charge on any atom is -0.488 e. The molecule has 0 saturated heterocycles. The Bertz CT molecular complexity index is 834. The largest absolute Gasteiger partial charge is 0.488 e. The van der Waals surface area contributed by atoms with E-state index in [9.17, 15) is 0 Å². The van der Waals surface area contributed by atoms with E-state index < -0.39 is 0 Å². The van der Waals surface area contributed by atoms with Crippen LogP contribution in [-0.4, -0.2) is 6.61 Å². The Morgan fingerprint density at radius 1 is 1.00 bits per heavy atom. The van der Waals surface area contributed by atoms with Gasteiger partial charge in [0.15, 0.2) is 0 Å². The molecule has 2 heterocycles. The molecule has 112 valence electrons. The van der Waals surface area contributed by atoms with Crippen molar-refractivity contribution in [2.24, 2.45) is 0 Å². The van der Waals surface area contributed by atoms with Gasteiger partial charge in [0.25, 0.3) is 0 Å². The van der Waals surface area contributed by atoms with Crippen molar-refractivity contribution in [1.82, 2.24) is 0 Å². The van der Waals surface area contributed by atoms with Gasteiger partial charge in [-0.1, -0.05) is 30.3 Å². The van der Waals surface area contributed by atoms with Crippen LogP contribution >= 0.6 is 31.9 Å². The fraction of sp³-hybridized carbons (Fsp3) is 0.111. The molecule has 0 atom stereocenters. The number of hydrogen-bond acceptors (Lipinski definition) is 2. The predicted octanol–water partition coefficient (Wildman–Crippen LogP) is 6.36. The lowest BCUT2D eigenvalue weighted by Crippen LogP contribution is -2.00. The molecule has 0 radical (unpaired) electrons. The molecule has 1 aromatic heterocycles. The van der Waals surface area contributed by atoms with Crippen molar-refractivity contribution in [3.8, 4) is 5.75 Å². The van der Waals surface area contributed by atoms with Crippen LogP contribution in [0, 0.1) is 6.92 Å². The summed E-state index contributed by atoms with van der Waals surface area (Å²) in [4.78, 5) is 0. The third kappa shape index (κ3) is 3.28. The van der Waals surface area contributed by atoms with Crippen LogP contribution < -0.4 is 4.74 Å². The molecule has 0 fully saturated rings. The first-order valence-electron chi connectivity index (χ1n) is 6.87. The molecule has 1 aliphatic heterocycles. The SMILES string of the molecule is Brc1cccc2c1OCC=C2.Cc1cc2cccc(Br)c2o1. The zero-order valence-electron chi connectivity index (χ0n) is 12.0. The van der Waals surface area contributed by atoms with Gasteiger partial charge in [0, 0.05) is 10.9 Å². The highest BCUT2D eigenvalue weighted by atomic mass is 79.9. The number of rotatable bonds is 0. The van der Waals surface area contributed by atoms with Crippen molar-refractivity contribution in [3.05, 3.63) is 68.8 Å². The van der Waals surface area contributed by atoms with E-state index in [1.807, 2.05) is 55.5 Å². The quantitative estimate of drug-likeness (QED) is 0.421. The van der Waals surface area contributed by atoms with Gasteiger partial charge < -0.3 is 9.15 Å². The summed E-state index contributed by atoms with van der Waals surface area (Å²) in [5.41, 5.74) is 2.08.